The fourth-order valence-corrected chi connectivity index (χ4v) is 2.79. The van der Waals surface area contributed by atoms with E-state index < -0.39 is 0 Å². The molecule has 2 aromatic rings. The average molecular weight is 259 g/mol. The molecule has 1 aliphatic heterocycles. The van der Waals surface area contributed by atoms with Crippen molar-refractivity contribution in [3.05, 3.63) is 30.4 Å². The Labute approximate surface area is 113 Å². The predicted molar refractivity (Wildman–Crippen MR) is 75.0 cm³/mol. The summed E-state index contributed by atoms with van der Waals surface area (Å²) in [6.07, 6.45) is 8.30. The Bertz CT molecular complexity index is 496. The summed E-state index contributed by atoms with van der Waals surface area (Å²) >= 11 is 0. The van der Waals surface area contributed by atoms with Gasteiger partial charge in [0.15, 0.2) is 0 Å². The molecule has 1 fully saturated rings. The van der Waals surface area contributed by atoms with Crippen molar-refractivity contribution in [1.82, 2.24) is 24.6 Å². The van der Waals surface area contributed by atoms with E-state index in [0.717, 1.165) is 37.7 Å². The lowest BCUT2D eigenvalue weighted by atomic mass is 10.2. The van der Waals surface area contributed by atoms with Crippen LogP contribution >= 0.6 is 0 Å². The highest BCUT2D eigenvalue weighted by atomic mass is 15.2. The molecule has 0 spiro atoms. The lowest BCUT2D eigenvalue weighted by Crippen LogP contribution is -2.37. The van der Waals surface area contributed by atoms with E-state index in [4.69, 9.17) is 0 Å². The molecule has 1 unspecified atom stereocenters. The number of hydrogen-bond acceptors (Lipinski definition) is 4. The van der Waals surface area contributed by atoms with Gasteiger partial charge in [-0.05, 0) is 32.0 Å². The summed E-state index contributed by atoms with van der Waals surface area (Å²) < 4.78 is 1.99. The first-order valence-electron chi connectivity index (χ1n) is 7.10. The molecule has 19 heavy (non-hydrogen) atoms. The Morgan fingerprint density at radius 1 is 1.53 bits per heavy atom. The van der Waals surface area contributed by atoms with Gasteiger partial charge in [-0.1, -0.05) is 6.92 Å². The van der Waals surface area contributed by atoms with Gasteiger partial charge in [0.05, 0.1) is 5.69 Å². The zero-order valence-electron chi connectivity index (χ0n) is 11.4. The number of rotatable bonds is 5. The first kappa shape index (κ1) is 12.6. The molecule has 3 heterocycles. The van der Waals surface area contributed by atoms with Crippen molar-refractivity contribution in [2.75, 3.05) is 19.6 Å². The van der Waals surface area contributed by atoms with Crippen molar-refractivity contribution in [3.8, 4) is 0 Å². The smallest absolute Gasteiger partial charge is 0.233 e. The summed E-state index contributed by atoms with van der Waals surface area (Å²) in [6.45, 7) is 6.53. The van der Waals surface area contributed by atoms with E-state index in [1.54, 1.807) is 6.20 Å². The molecule has 3 rings (SSSR count). The molecule has 5 nitrogen and oxygen atoms in total. The maximum Gasteiger partial charge on any atom is 0.233 e. The fourth-order valence-electron chi connectivity index (χ4n) is 2.79. The summed E-state index contributed by atoms with van der Waals surface area (Å²) in [5.74, 6) is 0.790. The highest BCUT2D eigenvalue weighted by molar-refractivity contribution is 5.29. The second kappa shape index (κ2) is 5.67. The minimum atomic E-state index is 0.651. The van der Waals surface area contributed by atoms with Gasteiger partial charge < -0.3 is 5.32 Å². The second-order valence-electron chi connectivity index (χ2n) is 5.18. The molecule has 0 bridgehead atoms. The third-order valence-electron chi connectivity index (χ3n) is 3.71. The molecule has 5 heteroatoms. The first-order chi connectivity index (χ1) is 9.36. The Balaban J connectivity index is 1.76. The molecule has 0 aliphatic carbocycles. The Morgan fingerprint density at radius 2 is 2.47 bits per heavy atom. The van der Waals surface area contributed by atoms with E-state index in [0.29, 0.717) is 6.04 Å². The Kier molecular flexibility index (Phi) is 3.75. The highest BCUT2D eigenvalue weighted by Gasteiger charge is 2.22. The summed E-state index contributed by atoms with van der Waals surface area (Å²) in [5.41, 5.74) is 1.11. The quantitative estimate of drug-likeness (QED) is 0.879. The number of imidazole rings is 1. The van der Waals surface area contributed by atoms with Crippen molar-refractivity contribution in [2.24, 2.45) is 0 Å². The van der Waals surface area contributed by atoms with Gasteiger partial charge in [0, 0.05) is 37.7 Å². The van der Waals surface area contributed by atoms with Gasteiger partial charge in [-0.25, -0.2) is 9.97 Å². The van der Waals surface area contributed by atoms with Gasteiger partial charge in [-0.15, -0.1) is 0 Å². The van der Waals surface area contributed by atoms with Gasteiger partial charge in [0.1, 0.15) is 0 Å². The van der Waals surface area contributed by atoms with Crippen LogP contribution in [0.2, 0.25) is 0 Å². The monoisotopic (exact) mass is 259 g/mol. The Hall–Kier alpha value is -1.46. The fraction of sp³-hybridized carbons (Fsp3) is 0.571. The van der Waals surface area contributed by atoms with Crippen LogP contribution in [0.15, 0.2) is 24.7 Å². The van der Waals surface area contributed by atoms with Crippen molar-refractivity contribution >= 4 is 5.78 Å². The maximum atomic E-state index is 4.60. The van der Waals surface area contributed by atoms with Crippen LogP contribution in [0.3, 0.4) is 0 Å². The minimum absolute atomic E-state index is 0.651. The maximum absolute atomic E-state index is 4.60. The lowest BCUT2D eigenvalue weighted by Gasteiger charge is -2.26. The van der Waals surface area contributed by atoms with E-state index in [-0.39, 0.29) is 0 Å². The van der Waals surface area contributed by atoms with Crippen molar-refractivity contribution in [2.45, 2.75) is 32.4 Å². The lowest BCUT2D eigenvalue weighted by molar-refractivity contribution is 0.197. The number of nitrogens with one attached hydrogen (secondary N) is 1. The van der Waals surface area contributed by atoms with Crippen molar-refractivity contribution in [3.63, 3.8) is 0 Å². The molecular weight excluding hydrogens is 238 g/mol. The number of nitrogens with zero attached hydrogens (tertiary/aromatic N) is 4. The van der Waals surface area contributed by atoms with E-state index in [2.05, 4.69) is 33.3 Å². The SMILES string of the molecule is CCCN(Cc1cn2cccnc2n1)C1CCNC1. The van der Waals surface area contributed by atoms with Crippen LogP contribution in [-0.4, -0.2) is 44.9 Å². The number of fused-ring (bicyclic) bond motifs is 1. The van der Waals surface area contributed by atoms with Gasteiger partial charge in [0.2, 0.25) is 5.78 Å². The Morgan fingerprint density at radius 3 is 3.21 bits per heavy atom. The zero-order chi connectivity index (χ0) is 13.1. The van der Waals surface area contributed by atoms with Gasteiger partial charge in [-0.2, -0.15) is 0 Å². The molecule has 0 saturated carbocycles. The topological polar surface area (TPSA) is 45.5 Å². The average Bonchev–Trinajstić information content (AvgIpc) is 3.07. The second-order valence-corrected chi connectivity index (χ2v) is 5.18. The summed E-state index contributed by atoms with van der Waals surface area (Å²) in [7, 11) is 0. The molecule has 0 amide bonds. The first-order valence-corrected chi connectivity index (χ1v) is 7.10. The summed E-state index contributed by atoms with van der Waals surface area (Å²) in [6, 6.07) is 2.58. The number of aromatic nitrogens is 3. The molecular formula is C14H21N5. The van der Waals surface area contributed by atoms with Crippen LogP contribution in [0.25, 0.3) is 5.78 Å². The van der Waals surface area contributed by atoms with Crippen LogP contribution in [0, 0.1) is 0 Å². The van der Waals surface area contributed by atoms with Crippen molar-refractivity contribution in [1.29, 1.82) is 0 Å². The molecule has 0 aromatic carbocycles. The van der Waals surface area contributed by atoms with Crippen LogP contribution in [0.4, 0.5) is 0 Å². The normalized spacial score (nSPS) is 19.6. The van der Waals surface area contributed by atoms with E-state index in [1.165, 1.54) is 12.8 Å². The van der Waals surface area contributed by atoms with Gasteiger partial charge in [-0.3, -0.25) is 9.30 Å². The molecule has 0 radical (unpaired) electrons. The minimum Gasteiger partial charge on any atom is -0.315 e. The molecule has 1 aliphatic rings. The van der Waals surface area contributed by atoms with E-state index in [9.17, 15) is 0 Å². The van der Waals surface area contributed by atoms with Crippen LogP contribution in [0.5, 0.6) is 0 Å². The molecule has 1 saturated heterocycles. The standard InChI is InChI=1S/C14H21N5/c1-2-7-18(13-4-6-15-9-13)10-12-11-19-8-3-5-16-14(19)17-12/h3,5,8,11,13,15H,2,4,6-7,9-10H2,1H3. The van der Waals surface area contributed by atoms with E-state index >= 15 is 0 Å². The van der Waals surface area contributed by atoms with Crippen LogP contribution < -0.4 is 5.32 Å². The third-order valence-corrected chi connectivity index (χ3v) is 3.71. The van der Waals surface area contributed by atoms with Crippen LogP contribution in [0.1, 0.15) is 25.5 Å². The predicted octanol–water partition coefficient (Wildman–Crippen LogP) is 1.30. The number of hydrogen-bond donors (Lipinski definition) is 1. The third kappa shape index (κ3) is 2.77. The molecule has 1 N–H and O–H groups in total. The highest BCUT2D eigenvalue weighted by Crippen LogP contribution is 2.13. The summed E-state index contributed by atoms with van der Waals surface area (Å²) in [4.78, 5) is 11.4. The van der Waals surface area contributed by atoms with Gasteiger partial charge >= 0.3 is 0 Å². The largest absolute Gasteiger partial charge is 0.315 e. The molecule has 1 atom stereocenters. The zero-order valence-corrected chi connectivity index (χ0v) is 11.4. The van der Waals surface area contributed by atoms with Crippen molar-refractivity contribution < 1.29 is 0 Å². The summed E-state index contributed by atoms with van der Waals surface area (Å²) in [5, 5.41) is 3.44. The van der Waals surface area contributed by atoms with Crippen LogP contribution in [-0.2, 0) is 6.54 Å². The molecule has 102 valence electrons. The van der Waals surface area contributed by atoms with E-state index in [1.807, 2.05) is 16.7 Å². The van der Waals surface area contributed by atoms with Gasteiger partial charge in [0.25, 0.3) is 0 Å². The molecule has 2 aromatic heterocycles.